The molecule has 0 radical (unpaired) electrons. The van der Waals surface area contributed by atoms with Crippen LogP contribution in [0.5, 0.6) is 5.75 Å². The van der Waals surface area contributed by atoms with Gasteiger partial charge in [0.2, 0.25) is 0 Å². The molecule has 136 valence electrons. The van der Waals surface area contributed by atoms with Gasteiger partial charge in [-0.3, -0.25) is 14.4 Å². The molecule has 26 heavy (non-hydrogen) atoms. The van der Waals surface area contributed by atoms with Crippen molar-refractivity contribution < 1.29 is 23.9 Å². The summed E-state index contributed by atoms with van der Waals surface area (Å²) < 4.78 is 10.8. The van der Waals surface area contributed by atoms with E-state index >= 15 is 0 Å². The second kappa shape index (κ2) is 9.72. The Bertz CT molecular complexity index is 772. The number of benzene rings is 2. The van der Waals surface area contributed by atoms with Crippen LogP contribution in [0.4, 0.5) is 5.69 Å². The number of hydrogen-bond acceptors (Lipinski definition) is 5. The molecule has 0 spiro atoms. The monoisotopic (exact) mass is 419 g/mol. The summed E-state index contributed by atoms with van der Waals surface area (Å²) in [6.45, 7) is -0.405. The van der Waals surface area contributed by atoms with Crippen molar-refractivity contribution in [1.82, 2.24) is 0 Å². The maximum absolute atomic E-state index is 12.0. The number of nitrogens with one attached hydrogen (secondary N) is 1. The van der Waals surface area contributed by atoms with Crippen molar-refractivity contribution in [3.63, 3.8) is 0 Å². The third-order valence-electron chi connectivity index (χ3n) is 3.46. The average Bonchev–Trinajstić information content (AvgIpc) is 2.65. The topological polar surface area (TPSA) is 81.7 Å². The quantitative estimate of drug-likeness (QED) is 0.521. The Kier molecular flexibility index (Phi) is 7.35. The molecule has 7 heteroatoms. The minimum atomic E-state index is -0.597. The van der Waals surface area contributed by atoms with Gasteiger partial charge in [-0.1, -0.05) is 28.1 Å². The summed E-state index contributed by atoms with van der Waals surface area (Å²) in [5, 5.41) is 2.60. The van der Waals surface area contributed by atoms with E-state index in [1.165, 1.54) is 0 Å². The molecule has 1 amide bonds. The van der Waals surface area contributed by atoms with E-state index in [2.05, 4.69) is 21.2 Å². The summed E-state index contributed by atoms with van der Waals surface area (Å²) >= 11 is 3.29. The number of ether oxygens (including phenoxy) is 2. The molecular formula is C19H18BrNO5. The normalized spacial score (nSPS) is 10.1. The van der Waals surface area contributed by atoms with Crippen molar-refractivity contribution in [2.75, 3.05) is 19.0 Å². The van der Waals surface area contributed by atoms with Crippen LogP contribution in [-0.2, 0) is 14.3 Å². The fourth-order valence-electron chi connectivity index (χ4n) is 2.09. The highest BCUT2D eigenvalue weighted by molar-refractivity contribution is 9.10. The lowest BCUT2D eigenvalue weighted by molar-refractivity contribution is -0.147. The van der Waals surface area contributed by atoms with Gasteiger partial charge in [0.1, 0.15) is 5.75 Å². The van der Waals surface area contributed by atoms with Crippen molar-refractivity contribution in [1.29, 1.82) is 0 Å². The molecule has 0 fully saturated rings. The minimum Gasteiger partial charge on any atom is -0.497 e. The standard InChI is InChI=1S/C19H18BrNO5/c1-25-16-8-6-15(7-9-16)21-18(23)12-26-19(24)11-10-17(22)13-2-4-14(20)5-3-13/h2-9H,10-12H2,1H3,(H,21,23). The number of Topliss-reactive ketones (excluding diaryl/α,β-unsaturated/α-hetero) is 1. The number of halogens is 1. The molecule has 0 aliphatic rings. The van der Waals surface area contributed by atoms with Crippen molar-refractivity contribution in [2.45, 2.75) is 12.8 Å². The van der Waals surface area contributed by atoms with E-state index in [4.69, 9.17) is 9.47 Å². The zero-order valence-electron chi connectivity index (χ0n) is 14.2. The van der Waals surface area contributed by atoms with E-state index in [1.807, 2.05) is 0 Å². The Labute approximate surface area is 159 Å². The maximum atomic E-state index is 12.0. The minimum absolute atomic E-state index is 0.0283. The third-order valence-corrected chi connectivity index (χ3v) is 3.99. The van der Waals surface area contributed by atoms with Crippen LogP contribution in [0.1, 0.15) is 23.2 Å². The molecule has 0 aliphatic carbocycles. The fraction of sp³-hybridized carbons (Fsp3) is 0.211. The highest BCUT2D eigenvalue weighted by atomic mass is 79.9. The van der Waals surface area contributed by atoms with Gasteiger partial charge in [-0.25, -0.2) is 0 Å². The van der Waals surface area contributed by atoms with E-state index in [0.717, 1.165) is 4.47 Å². The van der Waals surface area contributed by atoms with E-state index in [9.17, 15) is 14.4 Å². The van der Waals surface area contributed by atoms with Crippen LogP contribution in [0.3, 0.4) is 0 Å². The summed E-state index contributed by atoms with van der Waals surface area (Å²) in [5.74, 6) is -0.537. The van der Waals surface area contributed by atoms with Crippen molar-refractivity contribution >= 4 is 39.3 Å². The van der Waals surface area contributed by atoms with E-state index in [-0.39, 0.29) is 18.6 Å². The molecule has 0 heterocycles. The summed E-state index contributed by atoms with van der Waals surface area (Å²) in [4.78, 5) is 35.4. The van der Waals surface area contributed by atoms with Gasteiger partial charge in [0, 0.05) is 22.1 Å². The maximum Gasteiger partial charge on any atom is 0.306 e. The van der Waals surface area contributed by atoms with Crippen molar-refractivity contribution in [2.24, 2.45) is 0 Å². The van der Waals surface area contributed by atoms with Gasteiger partial charge in [-0.2, -0.15) is 0 Å². The van der Waals surface area contributed by atoms with E-state index in [0.29, 0.717) is 17.0 Å². The Morgan fingerprint density at radius 2 is 1.62 bits per heavy atom. The van der Waals surface area contributed by atoms with Crippen LogP contribution >= 0.6 is 15.9 Å². The average molecular weight is 420 g/mol. The molecule has 2 aromatic carbocycles. The number of carbonyl (C=O) groups is 3. The van der Waals surface area contributed by atoms with Crippen LogP contribution in [-0.4, -0.2) is 31.4 Å². The molecule has 6 nitrogen and oxygen atoms in total. The molecule has 2 rings (SSSR count). The van der Waals surface area contributed by atoms with Crippen LogP contribution in [0.15, 0.2) is 53.0 Å². The number of methoxy groups -OCH3 is 1. The first-order chi connectivity index (χ1) is 12.5. The SMILES string of the molecule is COc1ccc(NC(=O)COC(=O)CCC(=O)c2ccc(Br)cc2)cc1. The first-order valence-electron chi connectivity index (χ1n) is 7.86. The third kappa shape index (κ3) is 6.33. The number of ketones is 1. The van der Waals surface area contributed by atoms with E-state index < -0.39 is 18.5 Å². The zero-order chi connectivity index (χ0) is 18.9. The Balaban J connectivity index is 1.71. The molecule has 0 saturated heterocycles. The van der Waals surface area contributed by atoms with Gasteiger partial charge in [0.25, 0.3) is 5.91 Å². The van der Waals surface area contributed by atoms with Gasteiger partial charge in [0.15, 0.2) is 12.4 Å². The van der Waals surface area contributed by atoms with E-state index in [1.54, 1.807) is 55.6 Å². The number of amides is 1. The summed E-state index contributed by atoms with van der Waals surface area (Å²) in [6.07, 6.45) is -0.0503. The molecular weight excluding hydrogens is 402 g/mol. The van der Waals surface area contributed by atoms with Crippen LogP contribution in [0.2, 0.25) is 0 Å². The van der Waals surface area contributed by atoms with Crippen LogP contribution in [0, 0.1) is 0 Å². The number of rotatable bonds is 8. The Hall–Kier alpha value is -2.67. The molecule has 1 N–H and O–H groups in total. The number of anilines is 1. The molecule has 0 unspecified atom stereocenters. The Morgan fingerprint density at radius 1 is 0.962 bits per heavy atom. The number of carbonyl (C=O) groups excluding carboxylic acids is 3. The van der Waals surface area contributed by atoms with Crippen LogP contribution < -0.4 is 10.1 Å². The molecule has 2 aromatic rings. The lowest BCUT2D eigenvalue weighted by Crippen LogP contribution is -2.21. The fourth-order valence-corrected chi connectivity index (χ4v) is 2.35. The smallest absolute Gasteiger partial charge is 0.306 e. The van der Waals surface area contributed by atoms with Gasteiger partial charge in [0.05, 0.1) is 13.5 Å². The second-order valence-corrected chi connectivity index (χ2v) is 6.28. The lowest BCUT2D eigenvalue weighted by atomic mass is 10.1. The molecule has 0 aliphatic heterocycles. The first-order valence-corrected chi connectivity index (χ1v) is 8.65. The van der Waals surface area contributed by atoms with Gasteiger partial charge in [-0.05, 0) is 36.4 Å². The first kappa shape index (κ1) is 19.7. The summed E-state index contributed by atoms with van der Waals surface area (Å²) in [5.41, 5.74) is 1.09. The van der Waals surface area contributed by atoms with Crippen molar-refractivity contribution in [3.8, 4) is 5.75 Å². The Morgan fingerprint density at radius 3 is 2.23 bits per heavy atom. The van der Waals surface area contributed by atoms with Gasteiger partial charge >= 0.3 is 5.97 Å². The highest BCUT2D eigenvalue weighted by Gasteiger charge is 2.12. The lowest BCUT2D eigenvalue weighted by Gasteiger charge is -2.07. The summed E-state index contributed by atoms with van der Waals surface area (Å²) in [7, 11) is 1.55. The molecule has 0 aromatic heterocycles. The predicted octanol–water partition coefficient (Wildman–Crippen LogP) is 3.60. The number of esters is 1. The van der Waals surface area contributed by atoms with Gasteiger partial charge in [-0.15, -0.1) is 0 Å². The second-order valence-electron chi connectivity index (χ2n) is 5.37. The van der Waals surface area contributed by atoms with Crippen LogP contribution in [0.25, 0.3) is 0 Å². The molecule has 0 bridgehead atoms. The highest BCUT2D eigenvalue weighted by Crippen LogP contribution is 2.15. The predicted molar refractivity (Wildman–Crippen MR) is 100 cm³/mol. The number of hydrogen-bond donors (Lipinski definition) is 1. The van der Waals surface area contributed by atoms with Crippen molar-refractivity contribution in [3.05, 3.63) is 58.6 Å². The molecule has 0 atom stereocenters. The van der Waals surface area contributed by atoms with Gasteiger partial charge < -0.3 is 14.8 Å². The molecule has 0 saturated carbocycles. The zero-order valence-corrected chi connectivity index (χ0v) is 15.7. The summed E-state index contributed by atoms with van der Waals surface area (Å²) in [6, 6.07) is 13.6. The largest absolute Gasteiger partial charge is 0.497 e.